The number of aromatic nitrogens is 1. The molecule has 0 atom stereocenters. The maximum Gasteiger partial charge on any atom is 0.128 e. The zero-order valence-corrected chi connectivity index (χ0v) is 11.0. The van der Waals surface area contributed by atoms with Crippen LogP contribution in [0, 0.1) is 6.92 Å². The predicted octanol–water partition coefficient (Wildman–Crippen LogP) is 2.71. The standard InChI is InChI=1S/C13H17N3S/c1-10-12(14)5-6-13(15-10)16(2)8-7-11-4-3-9-17-11/h3-6,9H,7-8,14H2,1-2H3. The van der Waals surface area contributed by atoms with Crippen LogP contribution in [0.1, 0.15) is 10.6 Å². The van der Waals surface area contributed by atoms with Crippen molar-refractivity contribution in [3.8, 4) is 0 Å². The van der Waals surface area contributed by atoms with E-state index in [0.717, 1.165) is 30.2 Å². The van der Waals surface area contributed by atoms with Gasteiger partial charge in [0.1, 0.15) is 5.82 Å². The Labute approximate surface area is 106 Å². The molecule has 2 aromatic heterocycles. The molecule has 0 aliphatic carbocycles. The minimum absolute atomic E-state index is 0.750. The average molecular weight is 247 g/mol. The van der Waals surface area contributed by atoms with Crippen LogP contribution >= 0.6 is 11.3 Å². The molecular weight excluding hydrogens is 230 g/mol. The minimum Gasteiger partial charge on any atom is -0.397 e. The summed E-state index contributed by atoms with van der Waals surface area (Å²) in [4.78, 5) is 8.04. The number of rotatable bonds is 4. The van der Waals surface area contributed by atoms with E-state index >= 15 is 0 Å². The molecule has 0 amide bonds. The minimum atomic E-state index is 0.750. The fourth-order valence-electron chi connectivity index (χ4n) is 1.62. The van der Waals surface area contributed by atoms with Crippen LogP contribution in [0.5, 0.6) is 0 Å². The number of anilines is 2. The van der Waals surface area contributed by atoms with Crippen LogP contribution in [0.2, 0.25) is 0 Å². The van der Waals surface area contributed by atoms with Gasteiger partial charge in [-0.15, -0.1) is 11.3 Å². The number of nitrogen functional groups attached to an aromatic ring is 1. The molecule has 0 bridgehead atoms. The normalized spacial score (nSPS) is 10.5. The van der Waals surface area contributed by atoms with E-state index in [4.69, 9.17) is 5.73 Å². The molecule has 90 valence electrons. The van der Waals surface area contributed by atoms with Gasteiger partial charge in [0.25, 0.3) is 0 Å². The van der Waals surface area contributed by atoms with Gasteiger partial charge in [-0.05, 0) is 36.9 Å². The predicted molar refractivity (Wildman–Crippen MR) is 74.7 cm³/mol. The van der Waals surface area contributed by atoms with Crippen molar-refractivity contribution < 1.29 is 0 Å². The van der Waals surface area contributed by atoms with Crippen molar-refractivity contribution in [2.24, 2.45) is 0 Å². The van der Waals surface area contributed by atoms with E-state index in [-0.39, 0.29) is 0 Å². The Balaban J connectivity index is 1.99. The molecule has 3 nitrogen and oxygen atoms in total. The second kappa shape index (κ2) is 5.19. The Hall–Kier alpha value is -1.55. The number of hydrogen-bond donors (Lipinski definition) is 1. The van der Waals surface area contributed by atoms with E-state index < -0.39 is 0 Å². The molecule has 2 N–H and O–H groups in total. The highest BCUT2D eigenvalue weighted by molar-refractivity contribution is 7.09. The molecular formula is C13H17N3S. The second-order valence-corrected chi connectivity index (χ2v) is 5.13. The Kier molecular flexibility index (Phi) is 3.64. The maximum absolute atomic E-state index is 5.76. The number of likely N-dealkylation sites (N-methyl/N-ethyl adjacent to an activating group) is 1. The number of nitrogens with zero attached hydrogens (tertiary/aromatic N) is 2. The van der Waals surface area contributed by atoms with Crippen LogP contribution in [-0.2, 0) is 6.42 Å². The lowest BCUT2D eigenvalue weighted by atomic mass is 10.3. The van der Waals surface area contributed by atoms with Gasteiger partial charge in [0.2, 0.25) is 0 Å². The van der Waals surface area contributed by atoms with E-state index in [9.17, 15) is 0 Å². The summed E-state index contributed by atoms with van der Waals surface area (Å²) in [6, 6.07) is 8.14. The summed E-state index contributed by atoms with van der Waals surface area (Å²) in [5.41, 5.74) is 7.40. The van der Waals surface area contributed by atoms with Gasteiger partial charge in [-0.25, -0.2) is 4.98 Å². The first-order chi connectivity index (χ1) is 8.16. The lowest BCUT2D eigenvalue weighted by Gasteiger charge is -2.18. The quantitative estimate of drug-likeness (QED) is 0.903. The van der Waals surface area contributed by atoms with Crippen molar-refractivity contribution in [1.82, 2.24) is 4.98 Å². The highest BCUT2D eigenvalue weighted by Crippen LogP contribution is 2.16. The zero-order chi connectivity index (χ0) is 12.3. The molecule has 0 radical (unpaired) electrons. The SMILES string of the molecule is Cc1nc(N(C)CCc2cccs2)ccc1N. The maximum atomic E-state index is 5.76. The molecule has 0 unspecified atom stereocenters. The van der Waals surface area contributed by atoms with Crippen molar-refractivity contribution in [2.45, 2.75) is 13.3 Å². The molecule has 0 aromatic carbocycles. The summed E-state index contributed by atoms with van der Waals surface area (Å²) >= 11 is 1.80. The van der Waals surface area contributed by atoms with E-state index in [1.807, 2.05) is 19.1 Å². The number of thiophene rings is 1. The van der Waals surface area contributed by atoms with Crippen molar-refractivity contribution in [3.05, 3.63) is 40.2 Å². The second-order valence-electron chi connectivity index (χ2n) is 4.10. The Morgan fingerprint density at radius 1 is 1.35 bits per heavy atom. The molecule has 0 spiro atoms. The number of aryl methyl sites for hydroxylation is 1. The van der Waals surface area contributed by atoms with Gasteiger partial charge in [-0.2, -0.15) is 0 Å². The largest absolute Gasteiger partial charge is 0.397 e. The van der Waals surface area contributed by atoms with Gasteiger partial charge in [-0.1, -0.05) is 6.07 Å². The van der Waals surface area contributed by atoms with E-state index in [0.29, 0.717) is 0 Å². The van der Waals surface area contributed by atoms with Crippen molar-refractivity contribution in [1.29, 1.82) is 0 Å². The topological polar surface area (TPSA) is 42.2 Å². The van der Waals surface area contributed by atoms with Crippen LogP contribution in [0.15, 0.2) is 29.6 Å². The Morgan fingerprint density at radius 3 is 2.82 bits per heavy atom. The fraction of sp³-hybridized carbons (Fsp3) is 0.308. The third-order valence-corrected chi connectivity index (χ3v) is 3.71. The van der Waals surface area contributed by atoms with Crippen LogP contribution in [-0.4, -0.2) is 18.6 Å². The first-order valence-corrected chi connectivity index (χ1v) is 6.51. The molecule has 2 aromatic rings. The molecule has 0 aliphatic rings. The first-order valence-electron chi connectivity index (χ1n) is 5.63. The van der Waals surface area contributed by atoms with Crippen LogP contribution in [0.4, 0.5) is 11.5 Å². The van der Waals surface area contributed by atoms with Crippen LogP contribution in [0.3, 0.4) is 0 Å². The summed E-state index contributed by atoms with van der Waals surface area (Å²) in [5, 5.41) is 2.11. The summed E-state index contributed by atoms with van der Waals surface area (Å²) < 4.78 is 0. The van der Waals surface area contributed by atoms with Gasteiger partial charge in [-0.3, -0.25) is 0 Å². The number of nitrogens with two attached hydrogens (primary N) is 1. The van der Waals surface area contributed by atoms with Crippen molar-refractivity contribution in [2.75, 3.05) is 24.2 Å². The van der Waals surface area contributed by atoms with Crippen LogP contribution < -0.4 is 10.6 Å². The highest BCUT2D eigenvalue weighted by atomic mass is 32.1. The zero-order valence-electron chi connectivity index (χ0n) is 10.2. The van der Waals surface area contributed by atoms with Crippen LogP contribution in [0.25, 0.3) is 0 Å². The van der Waals surface area contributed by atoms with Crippen molar-refractivity contribution in [3.63, 3.8) is 0 Å². The number of hydrogen-bond acceptors (Lipinski definition) is 4. The van der Waals surface area contributed by atoms with Gasteiger partial charge < -0.3 is 10.6 Å². The lowest BCUT2D eigenvalue weighted by Crippen LogP contribution is -2.21. The van der Waals surface area contributed by atoms with Gasteiger partial charge in [0, 0.05) is 18.5 Å². The molecule has 0 saturated heterocycles. The van der Waals surface area contributed by atoms with E-state index in [2.05, 4.69) is 34.4 Å². The number of pyridine rings is 1. The van der Waals surface area contributed by atoms with E-state index in [1.165, 1.54) is 4.88 Å². The third kappa shape index (κ3) is 2.97. The summed E-state index contributed by atoms with van der Waals surface area (Å²) in [6.07, 6.45) is 1.05. The molecule has 0 fully saturated rings. The van der Waals surface area contributed by atoms with Gasteiger partial charge in [0.15, 0.2) is 0 Å². The lowest BCUT2D eigenvalue weighted by molar-refractivity contribution is 0.866. The Morgan fingerprint density at radius 2 is 2.18 bits per heavy atom. The molecule has 4 heteroatoms. The third-order valence-electron chi connectivity index (χ3n) is 2.78. The monoisotopic (exact) mass is 247 g/mol. The molecule has 0 saturated carbocycles. The first kappa shape index (κ1) is 11.9. The average Bonchev–Trinajstić information content (AvgIpc) is 2.82. The van der Waals surface area contributed by atoms with E-state index in [1.54, 1.807) is 11.3 Å². The fourth-order valence-corrected chi connectivity index (χ4v) is 2.32. The van der Waals surface area contributed by atoms with Gasteiger partial charge in [0.05, 0.1) is 11.4 Å². The molecule has 2 heterocycles. The molecule has 0 aliphatic heterocycles. The summed E-state index contributed by atoms with van der Waals surface area (Å²) in [5.74, 6) is 0.980. The molecule has 17 heavy (non-hydrogen) atoms. The summed E-state index contributed by atoms with van der Waals surface area (Å²) in [6.45, 7) is 2.91. The Bertz CT molecular complexity index is 479. The van der Waals surface area contributed by atoms with Gasteiger partial charge >= 0.3 is 0 Å². The molecule has 2 rings (SSSR count). The highest BCUT2D eigenvalue weighted by Gasteiger charge is 2.04. The van der Waals surface area contributed by atoms with Crippen molar-refractivity contribution >= 4 is 22.8 Å². The smallest absolute Gasteiger partial charge is 0.128 e. The summed E-state index contributed by atoms with van der Waals surface area (Å²) in [7, 11) is 2.06.